The number of carbonyl (C=O) groups is 3. The van der Waals surface area contributed by atoms with Gasteiger partial charge in [0.15, 0.2) is 0 Å². The van der Waals surface area contributed by atoms with Crippen LogP contribution in [0, 0.1) is 11.8 Å². The number of aliphatic carboxylic acids is 1. The fraction of sp³-hybridized carbons (Fsp3) is 0.565. The van der Waals surface area contributed by atoms with E-state index in [1.54, 1.807) is 37.7 Å². The first-order valence-electron chi connectivity index (χ1n) is 11.6. The second-order valence-electron chi connectivity index (χ2n) is 9.74. The van der Waals surface area contributed by atoms with Crippen LogP contribution in [-0.4, -0.2) is 87.3 Å². The Morgan fingerprint density at radius 2 is 2.09 bits per heavy atom. The van der Waals surface area contributed by atoms with E-state index < -0.39 is 18.0 Å². The van der Waals surface area contributed by atoms with Crippen LogP contribution in [0.2, 0.25) is 0 Å². The summed E-state index contributed by atoms with van der Waals surface area (Å²) in [4.78, 5) is 42.1. The van der Waals surface area contributed by atoms with Gasteiger partial charge in [0.2, 0.25) is 21.7 Å². The fourth-order valence-electron chi connectivity index (χ4n) is 5.80. The van der Waals surface area contributed by atoms with Gasteiger partial charge in [-0.1, -0.05) is 30.0 Å². The first kappa shape index (κ1) is 24.3. The van der Waals surface area contributed by atoms with Crippen molar-refractivity contribution in [1.82, 2.24) is 19.5 Å². The third kappa shape index (κ3) is 3.52. The molecular weight excluding hydrogens is 490 g/mol. The van der Waals surface area contributed by atoms with Crippen LogP contribution in [0.4, 0.5) is 0 Å². The number of thiazole rings is 1. The van der Waals surface area contributed by atoms with Crippen LogP contribution >= 0.6 is 23.1 Å². The molecule has 3 N–H and O–H groups in total. The summed E-state index contributed by atoms with van der Waals surface area (Å²) >= 11 is 3.12. The molecule has 12 heteroatoms. The lowest BCUT2D eigenvalue weighted by molar-refractivity contribution is -0.750. The van der Waals surface area contributed by atoms with Crippen LogP contribution in [0.5, 0.6) is 0 Å². The highest BCUT2D eigenvalue weighted by Crippen LogP contribution is 2.51. The van der Waals surface area contributed by atoms with Crippen molar-refractivity contribution < 1.29 is 29.2 Å². The summed E-state index contributed by atoms with van der Waals surface area (Å²) in [6.07, 6.45) is 5.82. The van der Waals surface area contributed by atoms with E-state index in [9.17, 15) is 24.6 Å². The van der Waals surface area contributed by atoms with Gasteiger partial charge in [-0.2, -0.15) is 4.40 Å². The zero-order valence-electron chi connectivity index (χ0n) is 20.3. The van der Waals surface area contributed by atoms with Gasteiger partial charge in [0.25, 0.3) is 6.33 Å². The molecule has 0 radical (unpaired) electrons. The molecule has 5 rings (SSSR count). The standard InChI is InChI=1S/C23H29N5O5S2/c1-10-15(18(23(32)33)28-17(10)16(11(2)29)20(28)31)14-8-26-9-27(22(34-5)21(26)35-14)12-6-13(24-7-12)19(30)25(3)4/h8-13,16-17,24,29H,6-7H2,1-5H3/p+1/t10-,11+,12-,13-,16+,17+/m0/s1. The summed E-state index contributed by atoms with van der Waals surface area (Å²) in [5.74, 6) is -2.17. The molecule has 0 bridgehead atoms. The third-order valence-corrected chi connectivity index (χ3v) is 9.50. The highest BCUT2D eigenvalue weighted by molar-refractivity contribution is 7.98. The number of aromatic nitrogens is 2. The monoisotopic (exact) mass is 520 g/mol. The molecule has 2 aromatic heterocycles. The van der Waals surface area contributed by atoms with E-state index in [1.165, 1.54) is 16.2 Å². The number of amides is 2. The average Bonchev–Trinajstić information content (AvgIpc) is 3.52. The predicted molar refractivity (Wildman–Crippen MR) is 131 cm³/mol. The van der Waals surface area contributed by atoms with Gasteiger partial charge in [0.05, 0.1) is 29.0 Å². The zero-order valence-corrected chi connectivity index (χ0v) is 21.9. The summed E-state index contributed by atoms with van der Waals surface area (Å²) in [6.45, 7) is 4.21. The molecule has 5 heterocycles. The second kappa shape index (κ2) is 8.61. The highest BCUT2D eigenvalue weighted by atomic mass is 32.2. The summed E-state index contributed by atoms with van der Waals surface area (Å²) in [5, 5.41) is 24.5. The number of aliphatic hydroxyl groups is 1. The molecule has 6 atom stereocenters. The van der Waals surface area contributed by atoms with Crippen molar-refractivity contribution in [3.63, 3.8) is 0 Å². The highest BCUT2D eigenvalue weighted by Gasteiger charge is 2.60. The maximum Gasteiger partial charge on any atom is 0.352 e. The number of β-lactam (4-membered cyclic amide) rings is 1. The number of carbonyl (C=O) groups excluding carboxylic acids is 2. The number of carboxylic acid groups (broad SMARTS) is 1. The minimum atomic E-state index is -1.13. The number of nitrogens with zero attached hydrogens (tertiary/aromatic N) is 4. The SMILES string of the molecule is CSc1c2sc(C3=C(C(=O)O)N4C(=O)[C@H]([C@@H](C)O)[C@H]4[C@H]3C)cn2c[n+]1[C@@H]1CN[C@H](C(=O)N(C)C)C1. The fourth-order valence-corrected chi connectivity index (χ4v) is 8.03. The van der Waals surface area contributed by atoms with Gasteiger partial charge in [-0.15, -0.1) is 0 Å². The maximum atomic E-state index is 12.7. The van der Waals surface area contributed by atoms with Crippen molar-refractivity contribution in [2.24, 2.45) is 11.8 Å². The normalized spacial score (nSPS) is 29.0. The van der Waals surface area contributed by atoms with Crippen molar-refractivity contribution in [1.29, 1.82) is 0 Å². The third-order valence-electron chi connectivity index (χ3n) is 7.44. The lowest BCUT2D eigenvalue weighted by Gasteiger charge is -2.46. The Morgan fingerprint density at radius 3 is 2.69 bits per heavy atom. The molecule has 2 fully saturated rings. The Bertz CT molecular complexity index is 1260. The summed E-state index contributed by atoms with van der Waals surface area (Å²) in [6, 6.07) is -0.421. The van der Waals surface area contributed by atoms with E-state index in [4.69, 9.17) is 0 Å². The molecule has 3 aliphatic heterocycles. The first-order chi connectivity index (χ1) is 16.6. The lowest BCUT2D eigenvalue weighted by atomic mass is 9.77. The number of carboxylic acids is 1. The largest absolute Gasteiger partial charge is 0.477 e. The predicted octanol–water partition coefficient (Wildman–Crippen LogP) is 0.655. The van der Waals surface area contributed by atoms with Gasteiger partial charge >= 0.3 is 5.97 Å². The molecule has 0 aliphatic carbocycles. The number of rotatable bonds is 6. The van der Waals surface area contributed by atoms with Crippen LogP contribution in [0.1, 0.15) is 31.2 Å². The van der Waals surface area contributed by atoms with Crippen LogP contribution in [0.15, 0.2) is 23.2 Å². The molecule has 0 saturated carbocycles. The number of likely N-dealkylation sites (N-methyl/N-ethyl adjacent to an activating group) is 1. The Hall–Kier alpha value is -2.41. The molecule has 188 valence electrons. The van der Waals surface area contributed by atoms with Gasteiger partial charge in [-0.05, 0) is 13.2 Å². The Labute approximate surface area is 211 Å². The molecular formula is C23H30N5O5S2+. The summed E-state index contributed by atoms with van der Waals surface area (Å²) < 4.78 is 4.20. The van der Waals surface area contributed by atoms with Crippen LogP contribution < -0.4 is 9.88 Å². The number of fused-ring (bicyclic) bond motifs is 2. The van der Waals surface area contributed by atoms with E-state index in [0.29, 0.717) is 18.5 Å². The van der Waals surface area contributed by atoms with Crippen LogP contribution in [-0.2, 0) is 14.4 Å². The molecule has 2 amide bonds. The van der Waals surface area contributed by atoms with E-state index >= 15 is 0 Å². The summed E-state index contributed by atoms with van der Waals surface area (Å²) in [7, 11) is 3.52. The molecule has 0 spiro atoms. The van der Waals surface area contributed by atoms with E-state index in [2.05, 4.69) is 9.88 Å². The van der Waals surface area contributed by atoms with Crippen molar-refractivity contribution >= 4 is 51.3 Å². The zero-order chi connectivity index (χ0) is 25.3. The van der Waals surface area contributed by atoms with Gasteiger partial charge in [0, 0.05) is 38.6 Å². The molecule has 2 saturated heterocycles. The lowest BCUT2D eigenvalue weighted by Crippen LogP contribution is -2.63. The van der Waals surface area contributed by atoms with E-state index in [1.807, 2.05) is 30.1 Å². The Balaban J connectivity index is 1.51. The number of nitrogens with one attached hydrogen (secondary N) is 1. The van der Waals surface area contributed by atoms with Crippen molar-refractivity contribution in [3.8, 4) is 0 Å². The molecule has 35 heavy (non-hydrogen) atoms. The van der Waals surface area contributed by atoms with Crippen molar-refractivity contribution in [2.75, 3.05) is 26.9 Å². The first-order valence-corrected chi connectivity index (χ1v) is 13.6. The van der Waals surface area contributed by atoms with E-state index in [-0.39, 0.29) is 41.6 Å². The molecule has 2 aromatic rings. The minimum Gasteiger partial charge on any atom is -0.477 e. The van der Waals surface area contributed by atoms with Gasteiger partial charge in [-0.3, -0.25) is 9.59 Å². The van der Waals surface area contributed by atoms with Crippen LogP contribution in [0.3, 0.4) is 0 Å². The maximum absolute atomic E-state index is 12.7. The number of thioether (sulfide) groups is 1. The number of hydrogen-bond donors (Lipinski definition) is 3. The average molecular weight is 521 g/mol. The topological polar surface area (TPSA) is 118 Å². The summed E-state index contributed by atoms with van der Waals surface area (Å²) in [5.41, 5.74) is 0.669. The van der Waals surface area contributed by atoms with Gasteiger partial charge in [0.1, 0.15) is 17.9 Å². The van der Waals surface area contributed by atoms with Crippen molar-refractivity contribution in [2.45, 2.75) is 49.5 Å². The smallest absolute Gasteiger partial charge is 0.352 e. The van der Waals surface area contributed by atoms with E-state index in [0.717, 1.165) is 14.7 Å². The number of aliphatic hydroxyl groups excluding tert-OH is 1. The van der Waals surface area contributed by atoms with Crippen LogP contribution in [0.25, 0.3) is 10.4 Å². The molecule has 10 nitrogen and oxygen atoms in total. The number of imidazole rings is 1. The molecule has 0 aromatic carbocycles. The van der Waals surface area contributed by atoms with Gasteiger partial charge in [-0.25, -0.2) is 9.36 Å². The quantitative estimate of drug-likeness (QED) is 0.291. The minimum absolute atomic E-state index is 0.0255. The molecule has 3 aliphatic rings. The number of hydrogen-bond acceptors (Lipinski definition) is 7. The Kier molecular flexibility index (Phi) is 5.98. The second-order valence-corrected chi connectivity index (χ2v) is 11.6. The molecule has 0 unspecified atom stereocenters. The van der Waals surface area contributed by atoms with Crippen molar-refractivity contribution in [3.05, 3.63) is 23.1 Å². The Morgan fingerprint density at radius 1 is 1.37 bits per heavy atom. The van der Waals surface area contributed by atoms with Gasteiger partial charge < -0.3 is 25.3 Å².